The Balaban J connectivity index is 1.50. The molecule has 32 heavy (non-hydrogen) atoms. The van der Waals surface area contributed by atoms with Crippen LogP contribution >= 0.6 is 0 Å². The number of nitrogens with zero attached hydrogens (tertiary/aromatic N) is 2. The van der Waals surface area contributed by atoms with E-state index in [2.05, 4.69) is 10.6 Å². The second kappa shape index (κ2) is 9.09. The molecule has 2 aromatic rings. The highest BCUT2D eigenvalue weighted by Gasteiger charge is 2.29. The van der Waals surface area contributed by atoms with Crippen LogP contribution < -0.4 is 10.6 Å². The Morgan fingerprint density at radius 1 is 0.938 bits per heavy atom. The monoisotopic (exact) mass is 456 g/mol. The minimum absolute atomic E-state index is 0.0576. The van der Waals surface area contributed by atoms with Gasteiger partial charge in [0.25, 0.3) is 11.8 Å². The van der Waals surface area contributed by atoms with Crippen molar-refractivity contribution in [3.8, 4) is 0 Å². The molecule has 0 atom stereocenters. The van der Waals surface area contributed by atoms with E-state index in [0.717, 1.165) is 30.2 Å². The predicted octanol–water partition coefficient (Wildman–Crippen LogP) is 1.30. The van der Waals surface area contributed by atoms with Crippen LogP contribution in [0.3, 0.4) is 0 Å². The molecule has 0 bridgehead atoms. The lowest BCUT2D eigenvalue weighted by molar-refractivity contribution is -0.122. The van der Waals surface area contributed by atoms with Gasteiger partial charge in [-0.2, -0.15) is 4.31 Å². The van der Waals surface area contributed by atoms with Crippen LogP contribution in [-0.2, 0) is 14.8 Å². The quantitative estimate of drug-likeness (QED) is 0.704. The third-order valence-corrected chi connectivity index (χ3v) is 7.34. The van der Waals surface area contributed by atoms with E-state index in [1.807, 2.05) is 0 Å². The van der Waals surface area contributed by atoms with Crippen LogP contribution in [0.15, 0.2) is 53.4 Å². The number of nitrogens with one attached hydrogen (secondary N) is 2. The first-order valence-electron chi connectivity index (χ1n) is 10.4. The number of carbonyl (C=O) groups excluding carboxylic acids is 3. The van der Waals surface area contributed by atoms with Gasteiger partial charge in [0.2, 0.25) is 15.9 Å². The molecule has 2 aromatic carbocycles. The van der Waals surface area contributed by atoms with E-state index >= 15 is 0 Å². The lowest BCUT2D eigenvalue weighted by Gasteiger charge is -2.26. The molecule has 0 aromatic heterocycles. The van der Waals surface area contributed by atoms with Crippen LogP contribution in [0.5, 0.6) is 0 Å². The zero-order chi connectivity index (χ0) is 22.7. The van der Waals surface area contributed by atoms with Crippen LogP contribution in [-0.4, -0.2) is 68.1 Å². The van der Waals surface area contributed by atoms with E-state index in [1.54, 1.807) is 29.2 Å². The number of rotatable bonds is 5. The molecule has 0 radical (unpaired) electrons. The largest absolute Gasteiger partial charge is 0.354 e. The number of piperazine rings is 1. The topological polar surface area (TPSA) is 116 Å². The van der Waals surface area contributed by atoms with Crippen LogP contribution in [0.25, 0.3) is 0 Å². The van der Waals surface area contributed by atoms with Crippen molar-refractivity contribution in [1.82, 2.24) is 14.5 Å². The standard InChI is InChI=1S/C22H24N4O5S/c27-20-15-26(12-9-23-20)32(30,31)19-8-4-5-16(14-19)21(28)24-18-7-3-6-17(13-18)22(29)25-10-1-2-11-25/h3-8,13-14H,1-2,9-12,15H2,(H,23,27)(H,24,28). The molecule has 2 N–H and O–H groups in total. The van der Waals surface area contributed by atoms with Gasteiger partial charge in [-0.25, -0.2) is 8.42 Å². The zero-order valence-electron chi connectivity index (χ0n) is 17.4. The fraction of sp³-hybridized carbons (Fsp3) is 0.318. The molecular formula is C22H24N4O5S. The third-order valence-electron chi connectivity index (χ3n) is 5.50. The summed E-state index contributed by atoms with van der Waals surface area (Å²) in [5, 5.41) is 5.31. The molecule has 0 saturated carbocycles. The van der Waals surface area contributed by atoms with Gasteiger partial charge in [-0.3, -0.25) is 14.4 Å². The molecule has 2 aliphatic rings. The van der Waals surface area contributed by atoms with Crippen LogP contribution in [0, 0.1) is 0 Å². The molecule has 2 fully saturated rings. The molecule has 4 rings (SSSR count). The maximum absolute atomic E-state index is 12.9. The summed E-state index contributed by atoms with van der Waals surface area (Å²) in [7, 11) is -3.91. The van der Waals surface area contributed by atoms with Gasteiger partial charge in [0, 0.05) is 43.0 Å². The summed E-state index contributed by atoms with van der Waals surface area (Å²) in [6.07, 6.45) is 1.98. The van der Waals surface area contributed by atoms with E-state index in [-0.39, 0.29) is 41.9 Å². The van der Waals surface area contributed by atoms with Crippen molar-refractivity contribution in [2.24, 2.45) is 0 Å². The van der Waals surface area contributed by atoms with Crippen molar-refractivity contribution in [3.05, 3.63) is 59.7 Å². The molecule has 10 heteroatoms. The zero-order valence-corrected chi connectivity index (χ0v) is 18.2. The van der Waals surface area contributed by atoms with Gasteiger partial charge < -0.3 is 15.5 Å². The number of benzene rings is 2. The minimum Gasteiger partial charge on any atom is -0.354 e. The molecule has 2 saturated heterocycles. The average Bonchev–Trinajstić information content (AvgIpc) is 3.34. The Kier molecular flexibility index (Phi) is 6.24. The Labute approximate surface area is 186 Å². The minimum atomic E-state index is -3.91. The summed E-state index contributed by atoms with van der Waals surface area (Å²) < 4.78 is 26.9. The fourth-order valence-electron chi connectivity index (χ4n) is 3.80. The van der Waals surface area contributed by atoms with E-state index in [0.29, 0.717) is 11.3 Å². The first kappa shape index (κ1) is 22.0. The van der Waals surface area contributed by atoms with E-state index in [4.69, 9.17) is 0 Å². The average molecular weight is 457 g/mol. The molecule has 2 aliphatic heterocycles. The summed E-state index contributed by atoms with van der Waals surface area (Å²) in [5.41, 5.74) is 1.09. The molecule has 2 heterocycles. The predicted molar refractivity (Wildman–Crippen MR) is 118 cm³/mol. The van der Waals surface area contributed by atoms with Crippen molar-refractivity contribution in [3.63, 3.8) is 0 Å². The molecule has 168 valence electrons. The van der Waals surface area contributed by atoms with Crippen molar-refractivity contribution < 1.29 is 22.8 Å². The van der Waals surface area contributed by atoms with Gasteiger partial charge in [0.05, 0.1) is 11.4 Å². The molecule has 0 unspecified atom stereocenters. The highest BCUT2D eigenvalue weighted by molar-refractivity contribution is 7.89. The summed E-state index contributed by atoms with van der Waals surface area (Å²) in [4.78, 5) is 38.7. The molecular weight excluding hydrogens is 432 g/mol. The number of hydrogen-bond donors (Lipinski definition) is 2. The second-order valence-corrected chi connectivity index (χ2v) is 9.69. The lowest BCUT2D eigenvalue weighted by Crippen LogP contribution is -2.49. The van der Waals surface area contributed by atoms with Crippen molar-refractivity contribution in [2.45, 2.75) is 17.7 Å². The highest BCUT2D eigenvalue weighted by atomic mass is 32.2. The van der Waals surface area contributed by atoms with E-state index in [1.165, 1.54) is 24.3 Å². The van der Waals surface area contributed by atoms with Crippen molar-refractivity contribution in [1.29, 1.82) is 0 Å². The Bertz CT molecular complexity index is 1160. The summed E-state index contributed by atoms with van der Waals surface area (Å²) in [6.45, 7) is 1.62. The van der Waals surface area contributed by atoms with Gasteiger partial charge in [-0.05, 0) is 49.2 Å². The van der Waals surface area contributed by atoms with E-state index < -0.39 is 15.9 Å². The number of anilines is 1. The maximum Gasteiger partial charge on any atom is 0.255 e. The summed E-state index contributed by atoms with van der Waals surface area (Å²) in [5.74, 6) is -0.932. The van der Waals surface area contributed by atoms with Gasteiger partial charge in [0.15, 0.2) is 0 Å². The lowest BCUT2D eigenvalue weighted by atomic mass is 10.1. The fourth-order valence-corrected chi connectivity index (χ4v) is 5.25. The smallest absolute Gasteiger partial charge is 0.255 e. The van der Waals surface area contributed by atoms with Crippen LogP contribution in [0.4, 0.5) is 5.69 Å². The van der Waals surface area contributed by atoms with Crippen LogP contribution in [0.2, 0.25) is 0 Å². The maximum atomic E-state index is 12.9. The van der Waals surface area contributed by atoms with Gasteiger partial charge in [0.1, 0.15) is 0 Å². The van der Waals surface area contributed by atoms with Gasteiger partial charge in [-0.15, -0.1) is 0 Å². The number of sulfonamides is 1. The molecule has 9 nitrogen and oxygen atoms in total. The van der Waals surface area contributed by atoms with Gasteiger partial charge >= 0.3 is 0 Å². The number of hydrogen-bond acceptors (Lipinski definition) is 5. The first-order chi connectivity index (χ1) is 15.3. The molecule has 0 aliphatic carbocycles. The molecule has 0 spiro atoms. The third kappa shape index (κ3) is 4.66. The first-order valence-corrected chi connectivity index (χ1v) is 11.9. The van der Waals surface area contributed by atoms with Crippen molar-refractivity contribution in [2.75, 3.05) is 38.0 Å². The summed E-state index contributed by atoms with van der Waals surface area (Å²) >= 11 is 0. The Morgan fingerprint density at radius 2 is 1.66 bits per heavy atom. The Morgan fingerprint density at radius 3 is 2.41 bits per heavy atom. The van der Waals surface area contributed by atoms with Gasteiger partial charge in [-0.1, -0.05) is 12.1 Å². The highest BCUT2D eigenvalue weighted by Crippen LogP contribution is 2.20. The normalized spacial score (nSPS) is 17.1. The Hall–Kier alpha value is -3.24. The van der Waals surface area contributed by atoms with Crippen LogP contribution in [0.1, 0.15) is 33.6 Å². The number of carbonyl (C=O) groups is 3. The molecule has 3 amide bonds. The summed E-state index contributed by atoms with van der Waals surface area (Å²) in [6, 6.07) is 12.4. The number of amides is 3. The van der Waals surface area contributed by atoms with E-state index in [9.17, 15) is 22.8 Å². The second-order valence-electron chi connectivity index (χ2n) is 7.75. The SMILES string of the molecule is O=C1CN(S(=O)(=O)c2cccc(C(=O)Nc3cccc(C(=O)N4CCCC4)c3)c2)CCN1. The van der Waals surface area contributed by atoms with Crippen molar-refractivity contribution >= 4 is 33.4 Å². The number of likely N-dealkylation sites (tertiary alicyclic amines) is 1.